The van der Waals surface area contributed by atoms with Gasteiger partial charge in [0.2, 0.25) is 0 Å². The predicted molar refractivity (Wildman–Crippen MR) is 86.7 cm³/mol. The Kier molecular flexibility index (Phi) is 4.80. The minimum Gasteiger partial charge on any atom is -0.337 e. The maximum atomic E-state index is 12.3. The lowest BCUT2D eigenvalue weighted by Crippen LogP contribution is -2.46. The highest BCUT2D eigenvalue weighted by Gasteiger charge is 2.22. The summed E-state index contributed by atoms with van der Waals surface area (Å²) in [7, 11) is 0. The van der Waals surface area contributed by atoms with Crippen molar-refractivity contribution in [1.29, 1.82) is 0 Å². The van der Waals surface area contributed by atoms with Crippen molar-refractivity contribution >= 4 is 17.4 Å². The first-order valence-electron chi connectivity index (χ1n) is 8.06. The zero-order valence-corrected chi connectivity index (χ0v) is 13.6. The second-order valence-electron chi connectivity index (χ2n) is 6.15. The van der Waals surface area contributed by atoms with Crippen LogP contribution in [0.4, 0.5) is 4.79 Å². The molecule has 1 fully saturated rings. The van der Waals surface area contributed by atoms with Crippen molar-refractivity contribution in [2.24, 2.45) is 0 Å². The molecule has 0 aliphatic carbocycles. The second kappa shape index (κ2) is 6.79. The summed E-state index contributed by atoms with van der Waals surface area (Å²) in [4.78, 5) is 18.1. The molecule has 0 radical (unpaired) electrons. The van der Waals surface area contributed by atoms with E-state index in [1.807, 2.05) is 16.2 Å². The Balaban J connectivity index is 1.42. The Morgan fingerprint density at radius 1 is 1.43 bits per heavy atom. The van der Waals surface area contributed by atoms with E-state index in [9.17, 15) is 4.79 Å². The zero-order chi connectivity index (χ0) is 14.7. The monoisotopic (exact) mass is 307 g/mol. The van der Waals surface area contributed by atoms with Crippen molar-refractivity contribution in [3.05, 3.63) is 21.9 Å². The molecule has 0 bridgehead atoms. The summed E-state index contributed by atoms with van der Waals surface area (Å²) in [6.07, 6.45) is 4.94. The molecule has 1 N–H and O–H groups in total. The zero-order valence-electron chi connectivity index (χ0n) is 12.8. The van der Waals surface area contributed by atoms with Crippen LogP contribution < -0.4 is 5.32 Å². The molecule has 1 aromatic heterocycles. The van der Waals surface area contributed by atoms with Crippen LogP contribution in [0, 0.1) is 0 Å². The van der Waals surface area contributed by atoms with Gasteiger partial charge in [0.25, 0.3) is 0 Å². The van der Waals surface area contributed by atoms with E-state index < -0.39 is 0 Å². The average Bonchev–Trinajstić information content (AvgIpc) is 2.96. The van der Waals surface area contributed by atoms with E-state index in [1.54, 1.807) is 0 Å². The number of likely N-dealkylation sites (tertiary alicyclic amines) is 1. The molecule has 3 rings (SSSR count). The van der Waals surface area contributed by atoms with Gasteiger partial charge in [-0.2, -0.15) is 0 Å². The molecule has 3 heterocycles. The van der Waals surface area contributed by atoms with Crippen molar-refractivity contribution in [2.75, 3.05) is 26.2 Å². The van der Waals surface area contributed by atoms with Crippen molar-refractivity contribution in [1.82, 2.24) is 15.1 Å². The summed E-state index contributed by atoms with van der Waals surface area (Å²) in [5.74, 6) is 0. The maximum Gasteiger partial charge on any atom is 0.317 e. The first-order valence-corrected chi connectivity index (χ1v) is 8.94. The molecule has 0 saturated carbocycles. The fourth-order valence-corrected chi connectivity index (χ4v) is 4.22. The number of rotatable bonds is 3. The van der Waals surface area contributed by atoms with Gasteiger partial charge in [0, 0.05) is 37.1 Å². The number of carbonyl (C=O) groups excluding carboxylic acids is 1. The van der Waals surface area contributed by atoms with Gasteiger partial charge in [-0.3, -0.25) is 4.90 Å². The van der Waals surface area contributed by atoms with Crippen LogP contribution in [0.15, 0.2) is 11.4 Å². The summed E-state index contributed by atoms with van der Waals surface area (Å²) < 4.78 is 0. The number of hydrogen-bond acceptors (Lipinski definition) is 3. The van der Waals surface area contributed by atoms with Gasteiger partial charge in [-0.25, -0.2) is 4.79 Å². The first-order chi connectivity index (χ1) is 10.2. The van der Waals surface area contributed by atoms with E-state index in [2.05, 4.69) is 28.6 Å². The van der Waals surface area contributed by atoms with E-state index in [0.717, 1.165) is 32.6 Å². The van der Waals surface area contributed by atoms with E-state index in [1.165, 1.54) is 36.2 Å². The Morgan fingerprint density at radius 2 is 2.33 bits per heavy atom. The largest absolute Gasteiger partial charge is 0.337 e. The third-order valence-corrected chi connectivity index (χ3v) is 5.73. The highest BCUT2D eigenvalue weighted by Crippen LogP contribution is 2.23. The molecule has 0 aromatic carbocycles. The summed E-state index contributed by atoms with van der Waals surface area (Å²) in [5.41, 5.74) is 1.33. The smallest absolute Gasteiger partial charge is 0.317 e. The maximum absolute atomic E-state index is 12.3. The fraction of sp³-hybridized carbons (Fsp3) is 0.688. The van der Waals surface area contributed by atoms with Crippen LogP contribution in [0.5, 0.6) is 0 Å². The van der Waals surface area contributed by atoms with Crippen LogP contribution in [-0.4, -0.2) is 48.1 Å². The van der Waals surface area contributed by atoms with Crippen molar-refractivity contribution in [2.45, 2.75) is 45.2 Å². The second-order valence-corrected chi connectivity index (χ2v) is 7.15. The minimum atomic E-state index is 0.0940. The number of thiophene rings is 1. The molecule has 0 unspecified atom stereocenters. The van der Waals surface area contributed by atoms with Crippen LogP contribution in [0.3, 0.4) is 0 Å². The Hall–Kier alpha value is -1.07. The van der Waals surface area contributed by atoms with E-state index in [-0.39, 0.29) is 6.03 Å². The number of hydrogen-bond donors (Lipinski definition) is 1. The lowest BCUT2D eigenvalue weighted by molar-refractivity contribution is 0.157. The molecule has 2 amide bonds. The standard InChI is InChI=1S/C16H25N3OS/c1-13-4-2-3-8-18(13)10-7-17-16(20)19-9-5-15-14(12-19)6-11-21-15/h6,11,13H,2-5,7-10,12H2,1H3,(H,17,20)/t13-/m1/s1. The summed E-state index contributed by atoms with van der Waals surface area (Å²) in [6, 6.07) is 2.91. The first kappa shape index (κ1) is 14.9. The number of nitrogens with zero attached hydrogens (tertiary/aromatic N) is 2. The van der Waals surface area contributed by atoms with Gasteiger partial charge in [-0.15, -0.1) is 11.3 Å². The summed E-state index contributed by atoms with van der Waals surface area (Å²) in [6.45, 7) is 6.83. The van der Waals surface area contributed by atoms with Crippen LogP contribution in [0.1, 0.15) is 36.6 Å². The highest BCUT2D eigenvalue weighted by molar-refractivity contribution is 7.10. The lowest BCUT2D eigenvalue weighted by Gasteiger charge is -2.33. The van der Waals surface area contributed by atoms with E-state index >= 15 is 0 Å². The lowest BCUT2D eigenvalue weighted by atomic mass is 10.0. The topological polar surface area (TPSA) is 35.6 Å². The third-order valence-electron chi connectivity index (χ3n) is 4.71. The van der Waals surface area contributed by atoms with E-state index in [4.69, 9.17) is 0 Å². The Bertz CT molecular complexity index is 488. The van der Waals surface area contributed by atoms with Gasteiger partial charge in [-0.1, -0.05) is 6.42 Å². The quantitative estimate of drug-likeness (QED) is 0.932. The summed E-state index contributed by atoms with van der Waals surface area (Å²) >= 11 is 1.81. The van der Waals surface area contributed by atoms with Gasteiger partial charge in [0.15, 0.2) is 0 Å². The molecule has 1 saturated heterocycles. The fourth-order valence-electron chi connectivity index (χ4n) is 3.33. The van der Waals surface area contributed by atoms with Crippen LogP contribution in [0.25, 0.3) is 0 Å². The predicted octanol–water partition coefficient (Wildman–Crippen LogP) is 2.69. The molecule has 1 aromatic rings. The molecular weight excluding hydrogens is 282 g/mol. The molecule has 2 aliphatic heterocycles. The van der Waals surface area contributed by atoms with Gasteiger partial charge in [0.1, 0.15) is 0 Å². The number of piperidine rings is 1. The van der Waals surface area contributed by atoms with Crippen LogP contribution in [-0.2, 0) is 13.0 Å². The number of carbonyl (C=O) groups is 1. The van der Waals surface area contributed by atoms with Crippen molar-refractivity contribution in [3.63, 3.8) is 0 Å². The Morgan fingerprint density at radius 3 is 3.19 bits per heavy atom. The molecule has 1 atom stereocenters. The van der Waals surface area contributed by atoms with Gasteiger partial charge >= 0.3 is 6.03 Å². The van der Waals surface area contributed by atoms with Gasteiger partial charge in [-0.05, 0) is 49.7 Å². The van der Waals surface area contributed by atoms with E-state index in [0.29, 0.717) is 6.04 Å². The SMILES string of the molecule is C[C@@H]1CCCCN1CCNC(=O)N1CCc2sccc2C1. The van der Waals surface area contributed by atoms with Gasteiger partial charge < -0.3 is 10.2 Å². The number of urea groups is 1. The Labute approximate surface area is 131 Å². The highest BCUT2D eigenvalue weighted by atomic mass is 32.1. The molecule has 0 spiro atoms. The summed E-state index contributed by atoms with van der Waals surface area (Å²) in [5, 5.41) is 5.22. The van der Waals surface area contributed by atoms with Crippen LogP contribution in [0.2, 0.25) is 0 Å². The molecular formula is C16H25N3OS. The molecule has 2 aliphatic rings. The molecule has 116 valence electrons. The molecule has 5 heteroatoms. The van der Waals surface area contributed by atoms with Crippen molar-refractivity contribution < 1.29 is 4.79 Å². The number of nitrogens with one attached hydrogen (secondary N) is 1. The minimum absolute atomic E-state index is 0.0940. The van der Waals surface area contributed by atoms with Crippen molar-refractivity contribution in [3.8, 4) is 0 Å². The normalized spacial score (nSPS) is 22.9. The van der Waals surface area contributed by atoms with Crippen LogP contribution >= 0.6 is 11.3 Å². The molecule has 21 heavy (non-hydrogen) atoms. The van der Waals surface area contributed by atoms with Gasteiger partial charge in [0.05, 0.1) is 0 Å². The molecule has 4 nitrogen and oxygen atoms in total. The number of amides is 2. The number of fused-ring (bicyclic) bond motifs is 1. The average molecular weight is 307 g/mol. The third kappa shape index (κ3) is 3.58.